The van der Waals surface area contributed by atoms with Crippen LogP contribution in [0.1, 0.15) is 16.7 Å². The largest absolute Gasteiger partial charge is 0.497 e. The summed E-state index contributed by atoms with van der Waals surface area (Å²) < 4.78 is 30.0. The number of nitriles is 1. The summed E-state index contributed by atoms with van der Waals surface area (Å²) in [6.07, 6.45) is 1.50. The van der Waals surface area contributed by atoms with Gasteiger partial charge in [0, 0.05) is 18.2 Å². The molecule has 0 spiro atoms. The molecule has 6 nitrogen and oxygen atoms in total. The standard InChI is InChI=1S/C26H22BrFN2O4/c1-32-22-9-6-19(25(13-22)33-2)15-30-26(31)20(14-29)11-18-5-10-24(23(27)12-18)34-16-17-3-7-21(28)8-4-17/h3-13H,15-16H2,1-2H3,(H,30,31)/b20-11+. The van der Waals surface area contributed by atoms with Crippen LogP contribution < -0.4 is 19.5 Å². The fourth-order valence-corrected chi connectivity index (χ4v) is 3.56. The predicted molar refractivity (Wildman–Crippen MR) is 130 cm³/mol. The van der Waals surface area contributed by atoms with E-state index in [0.717, 1.165) is 11.1 Å². The molecule has 0 bridgehead atoms. The highest BCUT2D eigenvalue weighted by Gasteiger charge is 2.12. The summed E-state index contributed by atoms with van der Waals surface area (Å²) in [6, 6.07) is 18.5. The van der Waals surface area contributed by atoms with Gasteiger partial charge in [-0.15, -0.1) is 0 Å². The van der Waals surface area contributed by atoms with Gasteiger partial charge < -0.3 is 19.5 Å². The monoisotopic (exact) mass is 524 g/mol. The summed E-state index contributed by atoms with van der Waals surface area (Å²) >= 11 is 3.45. The third kappa shape index (κ3) is 6.59. The van der Waals surface area contributed by atoms with Crippen LogP contribution in [-0.4, -0.2) is 20.1 Å². The molecule has 0 unspecified atom stereocenters. The van der Waals surface area contributed by atoms with E-state index >= 15 is 0 Å². The molecule has 8 heteroatoms. The van der Waals surface area contributed by atoms with Crippen LogP contribution in [0.4, 0.5) is 4.39 Å². The van der Waals surface area contributed by atoms with Crippen molar-refractivity contribution in [1.29, 1.82) is 5.26 Å². The second kappa shape index (κ2) is 11.9. The Bertz CT molecular complexity index is 1240. The number of ether oxygens (including phenoxy) is 3. The molecule has 0 aromatic heterocycles. The average Bonchev–Trinajstić information content (AvgIpc) is 2.86. The van der Waals surface area contributed by atoms with E-state index in [0.29, 0.717) is 27.3 Å². The lowest BCUT2D eigenvalue weighted by atomic mass is 10.1. The van der Waals surface area contributed by atoms with E-state index in [-0.39, 0.29) is 24.5 Å². The van der Waals surface area contributed by atoms with Crippen molar-refractivity contribution in [2.45, 2.75) is 13.2 Å². The van der Waals surface area contributed by atoms with Crippen molar-refractivity contribution in [3.8, 4) is 23.3 Å². The summed E-state index contributed by atoms with van der Waals surface area (Å²) in [4.78, 5) is 12.6. The molecular formula is C26H22BrFN2O4. The number of carbonyl (C=O) groups is 1. The number of carbonyl (C=O) groups excluding carboxylic acids is 1. The summed E-state index contributed by atoms with van der Waals surface area (Å²) in [5, 5.41) is 12.2. The van der Waals surface area contributed by atoms with Crippen LogP contribution in [0, 0.1) is 17.1 Å². The molecule has 174 valence electrons. The van der Waals surface area contributed by atoms with Gasteiger partial charge in [0.15, 0.2) is 0 Å². The van der Waals surface area contributed by atoms with Crippen LogP contribution in [0.3, 0.4) is 0 Å². The Balaban J connectivity index is 1.66. The lowest BCUT2D eigenvalue weighted by Crippen LogP contribution is -2.24. The number of rotatable bonds is 9. The predicted octanol–water partition coefficient (Wildman–Crippen LogP) is 5.41. The Morgan fingerprint density at radius 2 is 1.82 bits per heavy atom. The van der Waals surface area contributed by atoms with E-state index in [1.807, 2.05) is 6.07 Å². The van der Waals surface area contributed by atoms with Crippen LogP contribution in [0.5, 0.6) is 17.2 Å². The number of nitrogens with one attached hydrogen (secondary N) is 1. The lowest BCUT2D eigenvalue weighted by molar-refractivity contribution is -0.117. The highest BCUT2D eigenvalue weighted by atomic mass is 79.9. The van der Waals surface area contributed by atoms with E-state index < -0.39 is 5.91 Å². The van der Waals surface area contributed by atoms with Gasteiger partial charge in [-0.3, -0.25) is 4.79 Å². The first-order valence-electron chi connectivity index (χ1n) is 10.2. The Labute approximate surface area is 205 Å². The van der Waals surface area contributed by atoms with Gasteiger partial charge in [-0.2, -0.15) is 5.26 Å². The maximum Gasteiger partial charge on any atom is 0.262 e. The minimum Gasteiger partial charge on any atom is -0.497 e. The molecule has 0 saturated carbocycles. The highest BCUT2D eigenvalue weighted by Crippen LogP contribution is 2.28. The SMILES string of the molecule is COc1ccc(CNC(=O)/C(C#N)=C/c2ccc(OCc3ccc(F)cc3)c(Br)c2)c(OC)c1. The van der Waals surface area contributed by atoms with Crippen LogP contribution >= 0.6 is 15.9 Å². The molecule has 0 atom stereocenters. The molecular weight excluding hydrogens is 503 g/mol. The quantitative estimate of drug-likeness (QED) is 0.299. The summed E-state index contributed by atoms with van der Waals surface area (Å²) in [5.41, 5.74) is 2.18. The average molecular weight is 525 g/mol. The highest BCUT2D eigenvalue weighted by molar-refractivity contribution is 9.10. The van der Waals surface area contributed by atoms with Crippen LogP contribution in [0.25, 0.3) is 6.08 Å². The summed E-state index contributed by atoms with van der Waals surface area (Å²) in [5.74, 6) is 0.980. The van der Waals surface area contributed by atoms with Gasteiger partial charge in [0.2, 0.25) is 0 Å². The first kappa shape index (κ1) is 24.8. The number of hydrogen-bond acceptors (Lipinski definition) is 5. The smallest absolute Gasteiger partial charge is 0.262 e. The van der Waals surface area contributed by atoms with E-state index in [4.69, 9.17) is 14.2 Å². The number of benzene rings is 3. The Morgan fingerprint density at radius 3 is 2.47 bits per heavy atom. The maximum absolute atomic E-state index is 13.0. The van der Waals surface area contributed by atoms with Gasteiger partial charge in [-0.05, 0) is 69.5 Å². The molecule has 3 aromatic carbocycles. The van der Waals surface area contributed by atoms with Gasteiger partial charge >= 0.3 is 0 Å². The minimum atomic E-state index is -0.506. The first-order valence-corrected chi connectivity index (χ1v) is 11.0. The van der Waals surface area contributed by atoms with Gasteiger partial charge in [0.05, 0.1) is 18.7 Å². The second-order valence-corrected chi connectivity index (χ2v) is 7.99. The van der Waals surface area contributed by atoms with Gasteiger partial charge in [-0.1, -0.05) is 18.2 Å². The van der Waals surface area contributed by atoms with Crippen molar-refractivity contribution < 1.29 is 23.4 Å². The molecule has 0 aliphatic heterocycles. The lowest BCUT2D eigenvalue weighted by Gasteiger charge is -2.11. The number of halogens is 2. The number of hydrogen-bond donors (Lipinski definition) is 1. The van der Waals surface area contributed by atoms with Crippen molar-refractivity contribution in [3.63, 3.8) is 0 Å². The van der Waals surface area contributed by atoms with E-state index in [1.54, 1.807) is 55.6 Å². The minimum absolute atomic E-state index is 0.0423. The summed E-state index contributed by atoms with van der Waals surface area (Å²) in [6.45, 7) is 0.458. The third-order valence-corrected chi connectivity index (χ3v) is 5.49. The molecule has 0 saturated heterocycles. The number of amides is 1. The molecule has 34 heavy (non-hydrogen) atoms. The molecule has 1 amide bonds. The Morgan fingerprint density at radius 1 is 1.06 bits per heavy atom. The van der Waals surface area contributed by atoms with Crippen molar-refractivity contribution in [3.05, 3.63) is 93.2 Å². The Hall–Kier alpha value is -3.83. The second-order valence-electron chi connectivity index (χ2n) is 7.14. The van der Waals surface area contributed by atoms with Crippen molar-refractivity contribution in [2.75, 3.05) is 14.2 Å². The zero-order chi connectivity index (χ0) is 24.5. The fraction of sp³-hybridized carbons (Fsp3) is 0.154. The van der Waals surface area contributed by atoms with E-state index in [1.165, 1.54) is 25.3 Å². The molecule has 3 aromatic rings. The molecule has 0 aliphatic carbocycles. The Kier molecular flexibility index (Phi) is 8.66. The van der Waals surface area contributed by atoms with Crippen LogP contribution in [0.15, 0.2) is 70.7 Å². The third-order valence-electron chi connectivity index (χ3n) is 4.87. The zero-order valence-corrected chi connectivity index (χ0v) is 20.2. The van der Waals surface area contributed by atoms with Crippen molar-refractivity contribution in [1.82, 2.24) is 5.32 Å². The molecule has 0 heterocycles. The molecule has 3 rings (SSSR count). The van der Waals surface area contributed by atoms with E-state index in [9.17, 15) is 14.4 Å². The topological polar surface area (TPSA) is 80.6 Å². The number of nitrogens with zero attached hydrogens (tertiary/aromatic N) is 1. The molecule has 0 radical (unpaired) electrons. The van der Waals surface area contributed by atoms with Gasteiger partial charge in [-0.25, -0.2) is 4.39 Å². The zero-order valence-electron chi connectivity index (χ0n) is 18.6. The number of methoxy groups -OCH3 is 2. The van der Waals surface area contributed by atoms with Crippen LogP contribution in [0.2, 0.25) is 0 Å². The summed E-state index contributed by atoms with van der Waals surface area (Å²) in [7, 11) is 3.09. The fourth-order valence-electron chi connectivity index (χ4n) is 3.05. The van der Waals surface area contributed by atoms with Gasteiger partial charge in [0.25, 0.3) is 5.91 Å². The molecule has 0 aliphatic rings. The van der Waals surface area contributed by atoms with Crippen LogP contribution in [-0.2, 0) is 17.9 Å². The maximum atomic E-state index is 13.0. The van der Waals surface area contributed by atoms with Crippen molar-refractivity contribution >= 4 is 27.9 Å². The molecule has 1 N–H and O–H groups in total. The molecule has 0 fully saturated rings. The normalized spacial score (nSPS) is 10.9. The van der Waals surface area contributed by atoms with Gasteiger partial charge in [0.1, 0.15) is 41.3 Å². The first-order chi connectivity index (χ1) is 16.4. The van der Waals surface area contributed by atoms with E-state index in [2.05, 4.69) is 21.2 Å². The van der Waals surface area contributed by atoms with Crippen molar-refractivity contribution in [2.24, 2.45) is 0 Å².